The van der Waals surface area contributed by atoms with E-state index in [9.17, 15) is 0 Å². The number of nitrogens with one attached hydrogen (secondary N) is 1. The second-order valence-electron chi connectivity index (χ2n) is 7.66. The molecule has 3 aromatic heterocycles. The molecule has 5 aromatic rings. The smallest absolute Gasteiger partial charge is 0.143 e. The molecule has 0 saturated heterocycles. The zero-order valence-electron chi connectivity index (χ0n) is 17.5. The van der Waals surface area contributed by atoms with E-state index >= 15 is 0 Å². The minimum absolute atomic E-state index is 0.840. The Hall–Kier alpha value is -3.57. The summed E-state index contributed by atoms with van der Waals surface area (Å²) in [5.41, 5.74) is 7.18. The van der Waals surface area contributed by atoms with Gasteiger partial charge in [-0.2, -0.15) is 0 Å². The first-order chi connectivity index (χ1) is 15.2. The number of hydrogen-bond acceptors (Lipinski definition) is 5. The van der Waals surface area contributed by atoms with Crippen molar-refractivity contribution in [2.45, 2.75) is 20.3 Å². The van der Waals surface area contributed by atoms with Crippen molar-refractivity contribution in [3.8, 4) is 11.1 Å². The van der Waals surface area contributed by atoms with Gasteiger partial charge in [-0.3, -0.25) is 4.98 Å². The maximum absolute atomic E-state index is 4.59. The first-order valence-corrected chi connectivity index (χ1v) is 11.0. The quantitative estimate of drug-likeness (QED) is 0.342. The van der Waals surface area contributed by atoms with E-state index in [1.807, 2.05) is 12.4 Å². The number of fused-ring (bicyclic) bond motifs is 1. The highest BCUT2D eigenvalue weighted by Gasteiger charge is 2.17. The van der Waals surface area contributed by atoms with Gasteiger partial charge in [0.15, 0.2) is 0 Å². The molecule has 0 fully saturated rings. The molecule has 1 N–H and O–H groups in total. The highest BCUT2D eigenvalue weighted by molar-refractivity contribution is 7.19. The van der Waals surface area contributed by atoms with E-state index in [1.165, 1.54) is 32.7 Å². The Morgan fingerprint density at radius 2 is 1.52 bits per heavy atom. The molecule has 0 amide bonds. The van der Waals surface area contributed by atoms with Crippen LogP contribution in [0.3, 0.4) is 0 Å². The summed E-state index contributed by atoms with van der Waals surface area (Å²) in [6.45, 7) is 4.26. The highest BCUT2D eigenvalue weighted by atomic mass is 32.1. The van der Waals surface area contributed by atoms with Gasteiger partial charge in [-0.15, -0.1) is 11.3 Å². The molecule has 0 aliphatic rings. The normalized spacial score (nSPS) is 11.0. The van der Waals surface area contributed by atoms with Gasteiger partial charge in [0.2, 0.25) is 0 Å². The molecule has 3 heterocycles. The summed E-state index contributed by atoms with van der Waals surface area (Å²) in [4.78, 5) is 15.5. The minimum Gasteiger partial charge on any atom is -0.340 e. The molecule has 31 heavy (non-hydrogen) atoms. The van der Waals surface area contributed by atoms with Crippen LogP contribution in [0.2, 0.25) is 0 Å². The van der Waals surface area contributed by atoms with Crippen LogP contribution in [-0.4, -0.2) is 15.0 Å². The van der Waals surface area contributed by atoms with Crippen LogP contribution < -0.4 is 5.32 Å². The van der Waals surface area contributed by atoms with Crippen molar-refractivity contribution in [3.63, 3.8) is 0 Å². The average molecular weight is 423 g/mol. The zero-order valence-corrected chi connectivity index (χ0v) is 18.3. The molecule has 0 spiro atoms. The molecule has 0 aliphatic carbocycles. The molecule has 0 radical (unpaired) electrons. The lowest BCUT2D eigenvalue weighted by Gasteiger charge is -2.10. The first kappa shape index (κ1) is 19.4. The summed E-state index contributed by atoms with van der Waals surface area (Å²) in [5.74, 6) is 0.840. The summed E-state index contributed by atoms with van der Waals surface area (Å²) in [7, 11) is 0. The molecule has 0 unspecified atom stereocenters. The van der Waals surface area contributed by atoms with Crippen molar-refractivity contribution in [3.05, 3.63) is 101 Å². The number of benzene rings is 2. The van der Waals surface area contributed by atoms with Crippen LogP contribution >= 0.6 is 11.3 Å². The first-order valence-electron chi connectivity index (χ1n) is 10.2. The van der Waals surface area contributed by atoms with E-state index in [4.69, 9.17) is 0 Å². The Kier molecular flexibility index (Phi) is 5.18. The molecule has 5 heteroatoms. The zero-order chi connectivity index (χ0) is 21.2. The van der Waals surface area contributed by atoms with E-state index in [2.05, 4.69) is 94.8 Å². The minimum atomic E-state index is 0.840. The number of aromatic nitrogens is 3. The summed E-state index contributed by atoms with van der Waals surface area (Å²) in [6.07, 6.45) is 6.19. The number of nitrogens with zero attached hydrogens (tertiary/aromatic N) is 3. The van der Waals surface area contributed by atoms with E-state index < -0.39 is 0 Å². The second-order valence-corrected chi connectivity index (χ2v) is 8.86. The predicted octanol–water partition coefficient (Wildman–Crippen LogP) is 6.70. The fourth-order valence-corrected chi connectivity index (χ4v) is 4.80. The summed E-state index contributed by atoms with van der Waals surface area (Å²) >= 11 is 1.71. The third kappa shape index (κ3) is 4.05. The standard InChI is InChI=1S/C26H22N4S/c1-17-3-7-21(8-4-17)23-18(2)31-26-24(23)25(28-16-29-26)30-22-9-5-19(6-10-22)15-20-11-13-27-14-12-20/h3-14,16H,15H2,1-2H3,(H,28,29,30). The van der Waals surface area contributed by atoms with Gasteiger partial charge in [0.05, 0.1) is 5.39 Å². The Morgan fingerprint density at radius 1 is 0.806 bits per heavy atom. The fraction of sp³-hybridized carbons (Fsp3) is 0.115. The molecule has 4 nitrogen and oxygen atoms in total. The Bertz CT molecular complexity index is 1320. The fourth-order valence-electron chi connectivity index (χ4n) is 3.79. The number of pyridine rings is 1. The van der Waals surface area contributed by atoms with Crippen molar-refractivity contribution >= 4 is 33.1 Å². The monoisotopic (exact) mass is 422 g/mol. The maximum Gasteiger partial charge on any atom is 0.143 e. The Morgan fingerprint density at radius 3 is 2.26 bits per heavy atom. The van der Waals surface area contributed by atoms with Gasteiger partial charge >= 0.3 is 0 Å². The maximum atomic E-state index is 4.59. The number of hydrogen-bond donors (Lipinski definition) is 1. The number of thiophene rings is 1. The van der Waals surface area contributed by atoms with E-state index in [1.54, 1.807) is 17.7 Å². The van der Waals surface area contributed by atoms with Crippen molar-refractivity contribution in [2.75, 3.05) is 5.32 Å². The molecule has 0 bridgehead atoms. The Balaban J connectivity index is 1.47. The molecule has 0 saturated carbocycles. The molecule has 2 aromatic carbocycles. The van der Waals surface area contributed by atoms with Gasteiger partial charge in [0.25, 0.3) is 0 Å². The van der Waals surface area contributed by atoms with Gasteiger partial charge in [-0.25, -0.2) is 9.97 Å². The molecule has 152 valence electrons. The lowest BCUT2D eigenvalue weighted by Crippen LogP contribution is -1.96. The van der Waals surface area contributed by atoms with Crippen LogP contribution in [0.1, 0.15) is 21.6 Å². The summed E-state index contributed by atoms with van der Waals surface area (Å²) in [5, 5.41) is 4.60. The van der Waals surface area contributed by atoms with Gasteiger partial charge in [0, 0.05) is 28.5 Å². The van der Waals surface area contributed by atoms with Gasteiger partial charge < -0.3 is 5.32 Å². The van der Waals surface area contributed by atoms with Crippen LogP contribution in [0.15, 0.2) is 79.4 Å². The van der Waals surface area contributed by atoms with E-state index in [0.29, 0.717) is 0 Å². The van der Waals surface area contributed by atoms with Crippen LogP contribution in [-0.2, 0) is 6.42 Å². The lowest BCUT2D eigenvalue weighted by atomic mass is 10.0. The molecular formula is C26H22N4S. The topological polar surface area (TPSA) is 50.7 Å². The SMILES string of the molecule is Cc1ccc(-c2c(C)sc3ncnc(Nc4ccc(Cc5ccncc5)cc4)c23)cc1. The molecule has 0 atom stereocenters. The van der Waals surface area contributed by atoms with Crippen LogP contribution in [0.5, 0.6) is 0 Å². The van der Waals surface area contributed by atoms with Crippen molar-refractivity contribution < 1.29 is 0 Å². The van der Waals surface area contributed by atoms with Crippen LogP contribution in [0.4, 0.5) is 11.5 Å². The van der Waals surface area contributed by atoms with Crippen LogP contribution in [0, 0.1) is 13.8 Å². The largest absolute Gasteiger partial charge is 0.340 e. The number of rotatable bonds is 5. The predicted molar refractivity (Wildman–Crippen MR) is 129 cm³/mol. The average Bonchev–Trinajstić information content (AvgIpc) is 3.13. The Labute approximate surface area is 185 Å². The highest BCUT2D eigenvalue weighted by Crippen LogP contribution is 2.41. The van der Waals surface area contributed by atoms with E-state index in [-0.39, 0.29) is 0 Å². The van der Waals surface area contributed by atoms with Gasteiger partial charge in [-0.1, -0.05) is 42.0 Å². The van der Waals surface area contributed by atoms with Gasteiger partial charge in [0.1, 0.15) is 17.0 Å². The third-order valence-corrected chi connectivity index (χ3v) is 6.39. The lowest BCUT2D eigenvalue weighted by molar-refractivity contribution is 1.16. The van der Waals surface area contributed by atoms with Crippen molar-refractivity contribution in [1.29, 1.82) is 0 Å². The number of anilines is 2. The van der Waals surface area contributed by atoms with Gasteiger partial charge in [-0.05, 0) is 61.2 Å². The molecule has 5 rings (SSSR count). The third-order valence-electron chi connectivity index (χ3n) is 5.38. The molecular weight excluding hydrogens is 400 g/mol. The molecule has 0 aliphatic heterocycles. The van der Waals surface area contributed by atoms with Crippen LogP contribution in [0.25, 0.3) is 21.3 Å². The summed E-state index contributed by atoms with van der Waals surface area (Å²) < 4.78 is 0. The number of aryl methyl sites for hydroxylation is 2. The van der Waals surface area contributed by atoms with E-state index in [0.717, 1.165) is 28.1 Å². The summed E-state index contributed by atoms with van der Waals surface area (Å²) in [6, 6.07) is 21.3. The van der Waals surface area contributed by atoms with Crippen molar-refractivity contribution in [1.82, 2.24) is 15.0 Å². The second kappa shape index (κ2) is 8.28. The van der Waals surface area contributed by atoms with Crippen molar-refractivity contribution in [2.24, 2.45) is 0 Å².